The lowest BCUT2D eigenvalue weighted by molar-refractivity contribution is 0.0680. The van der Waals surface area contributed by atoms with Gasteiger partial charge in [-0.25, -0.2) is 8.42 Å². The van der Waals surface area contributed by atoms with E-state index in [1.165, 1.54) is 21.3 Å². The molecule has 0 aliphatic carbocycles. The molecule has 1 amide bonds. The molecule has 0 N–H and O–H groups in total. The molecule has 1 heterocycles. The highest BCUT2D eigenvalue weighted by molar-refractivity contribution is 7.91. The molecule has 2 aromatic rings. The fourth-order valence-corrected chi connectivity index (χ4v) is 6.09. The Labute approximate surface area is 202 Å². The van der Waals surface area contributed by atoms with Crippen LogP contribution in [-0.2, 0) is 16.4 Å². The summed E-state index contributed by atoms with van der Waals surface area (Å²) in [7, 11) is 1.30. The number of ether oxygens (including phenoxy) is 3. The summed E-state index contributed by atoms with van der Waals surface area (Å²) < 4.78 is 40.6. The maximum absolute atomic E-state index is 13.7. The Morgan fingerprint density at radius 1 is 0.971 bits per heavy atom. The van der Waals surface area contributed by atoms with Crippen LogP contribution >= 0.6 is 0 Å². The Morgan fingerprint density at radius 2 is 1.56 bits per heavy atom. The number of sulfone groups is 1. The van der Waals surface area contributed by atoms with Crippen molar-refractivity contribution < 1.29 is 27.4 Å². The van der Waals surface area contributed by atoms with Gasteiger partial charge in [-0.15, -0.1) is 0 Å². The number of rotatable bonds is 10. The number of hydrogen-bond acceptors (Lipinski definition) is 7. The Balaban J connectivity index is 1.96. The van der Waals surface area contributed by atoms with Crippen LogP contribution in [-0.4, -0.2) is 71.2 Å². The van der Waals surface area contributed by atoms with E-state index in [0.29, 0.717) is 35.8 Å². The lowest BCUT2D eigenvalue weighted by atomic mass is 10.1. The third-order valence-corrected chi connectivity index (χ3v) is 7.99. The van der Waals surface area contributed by atoms with Gasteiger partial charge < -0.3 is 24.0 Å². The molecule has 0 saturated carbocycles. The van der Waals surface area contributed by atoms with E-state index in [1.807, 2.05) is 24.3 Å². The highest BCUT2D eigenvalue weighted by Crippen LogP contribution is 2.39. The Morgan fingerprint density at radius 3 is 2.00 bits per heavy atom. The molecule has 2 aromatic carbocycles. The van der Waals surface area contributed by atoms with Crippen molar-refractivity contribution in [2.24, 2.45) is 0 Å². The molecule has 1 aliphatic rings. The highest BCUT2D eigenvalue weighted by atomic mass is 32.2. The number of anilines is 1. The van der Waals surface area contributed by atoms with Crippen molar-refractivity contribution in [1.29, 1.82) is 0 Å². The molecule has 9 heteroatoms. The highest BCUT2D eigenvalue weighted by Gasteiger charge is 2.35. The van der Waals surface area contributed by atoms with E-state index in [1.54, 1.807) is 17.0 Å². The zero-order valence-corrected chi connectivity index (χ0v) is 21.4. The number of amides is 1. The summed E-state index contributed by atoms with van der Waals surface area (Å²) in [5.74, 6) is 0.886. The largest absolute Gasteiger partial charge is 0.493 e. The summed E-state index contributed by atoms with van der Waals surface area (Å²) in [5, 5.41) is 0. The van der Waals surface area contributed by atoms with Crippen LogP contribution in [0.3, 0.4) is 0 Å². The van der Waals surface area contributed by atoms with Crippen LogP contribution in [0.5, 0.6) is 17.2 Å². The van der Waals surface area contributed by atoms with Crippen molar-refractivity contribution >= 4 is 21.4 Å². The summed E-state index contributed by atoms with van der Waals surface area (Å²) in [4.78, 5) is 17.6. The predicted octanol–water partition coefficient (Wildman–Crippen LogP) is 3.39. The molecule has 1 aliphatic heterocycles. The summed E-state index contributed by atoms with van der Waals surface area (Å²) in [6.07, 6.45) is 0.413. The number of nitrogens with zero attached hydrogens (tertiary/aromatic N) is 2. The average molecular weight is 491 g/mol. The van der Waals surface area contributed by atoms with Crippen molar-refractivity contribution in [1.82, 2.24) is 4.90 Å². The van der Waals surface area contributed by atoms with Gasteiger partial charge in [0.1, 0.15) is 0 Å². The Kier molecular flexibility index (Phi) is 8.30. The van der Waals surface area contributed by atoms with Crippen LogP contribution < -0.4 is 19.1 Å². The summed E-state index contributed by atoms with van der Waals surface area (Å²) in [5.41, 5.74) is 2.39. The molecule has 8 nitrogen and oxygen atoms in total. The SMILES string of the molecule is CCN(CC)c1ccc(CN(C(=O)c2cc(OC)c(OC)c(OC)c2)[C@H]2CCS(=O)(=O)C2)cc1. The third-order valence-electron chi connectivity index (χ3n) is 6.24. The zero-order chi connectivity index (χ0) is 24.9. The first-order valence-electron chi connectivity index (χ1n) is 11.4. The fraction of sp³-hybridized carbons (Fsp3) is 0.480. The second-order valence-electron chi connectivity index (χ2n) is 8.24. The molecule has 1 saturated heterocycles. The van der Waals surface area contributed by atoms with Crippen molar-refractivity contribution in [2.45, 2.75) is 32.9 Å². The number of hydrogen-bond donors (Lipinski definition) is 0. The Bertz CT molecular complexity index is 1070. The number of carbonyl (C=O) groups is 1. The number of methoxy groups -OCH3 is 3. The maximum Gasteiger partial charge on any atom is 0.254 e. The lowest BCUT2D eigenvalue weighted by Gasteiger charge is -2.29. The van der Waals surface area contributed by atoms with Crippen molar-refractivity contribution in [2.75, 3.05) is 50.8 Å². The minimum atomic E-state index is -3.18. The van der Waals surface area contributed by atoms with Crippen LogP contribution in [0.25, 0.3) is 0 Å². The van der Waals surface area contributed by atoms with Crippen LogP contribution in [0.15, 0.2) is 36.4 Å². The molecular formula is C25H34N2O6S. The van der Waals surface area contributed by atoms with Gasteiger partial charge in [0.15, 0.2) is 21.3 Å². The standard InChI is InChI=1S/C25H34N2O6S/c1-6-26(7-2)20-10-8-18(9-11-20)16-27(21-12-13-34(29,30)17-21)25(28)19-14-22(31-3)24(33-5)23(15-19)32-4/h8-11,14-15,21H,6-7,12-13,16-17H2,1-5H3/t21-/m0/s1. The first-order chi connectivity index (χ1) is 16.3. The van der Waals surface area contributed by atoms with Crippen molar-refractivity contribution in [3.8, 4) is 17.2 Å². The van der Waals surface area contributed by atoms with Gasteiger partial charge in [0.2, 0.25) is 5.75 Å². The molecule has 0 bridgehead atoms. The van der Waals surface area contributed by atoms with E-state index >= 15 is 0 Å². The molecule has 34 heavy (non-hydrogen) atoms. The van der Waals surface area contributed by atoms with Gasteiger partial charge >= 0.3 is 0 Å². The quantitative estimate of drug-likeness (QED) is 0.505. The molecular weight excluding hydrogens is 456 g/mol. The van der Waals surface area contributed by atoms with Gasteiger partial charge in [-0.2, -0.15) is 0 Å². The van der Waals surface area contributed by atoms with Crippen molar-refractivity contribution in [3.63, 3.8) is 0 Å². The van der Waals surface area contributed by atoms with E-state index in [0.717, 1.165) is 24.3 Å². The van der Waals surface area contributed by atoms with Gasteiger partial charge in [-0.05, 0) is 50.1 Å². The fourth-order valence-electron chi connectivity index (χ4n) is 4.36. The topological polar surface area (TPSA) is 85.4 Å². The Hall–Kier alpha value is -2.94. The first kappa shape index (κ1) is 25.7. The molecule has 0 unspecified atom stereocenters. The van der Waals surface area contributed by atoms with E-state index in [-0.39, 0.29) is 17.4 Å². The zero-order valence-electron chi connectivity index (χ0n) is 20.5. The predicted molar refractivity (Wildman–Crippen MR) is 133 cm³/mol. The summed E-state index contributed by atoms with van der Waals surface area (Å²) >= 11 is 0. The van der Waals surface area contributed by atoms with Gasteiger partial charge in [0.25, 0.3) is 5.91 Å². The van der Waals surface area contributed by atoms with E-state index < -0.39 is 15.9 Å². The minimum Gasteiger partial charge on any atom is -0.493 e. The minimum absolute atomic E-state index is 0.0410. The molecule has 0 radical (unpaired) electrons. The van der Waals surface area contributed by atoms with Gasteiger partial charge in [-0.1, -0.05) is 12.1 Å². The van der Waals surface area contributed by atoms with E-state index in [9.17, 15) is 13.2 Å². The number of carbonyl (C=O) groups excluding carboxylic acids is 1. The average Bonchev–Trinajstić information content (AvgIpc) is 3.21. The molecule has 0 aromatic heterocycles. The van der Waals surface area contributed by atoms with Crippen molar-refractivity contribution in [3.05, 3.63) is 47.5 Å². The van der Waals surface area contributed by atoms with Crippen LogP contribution in [0, 0.1) is 0 Å². The lowest BCUT2D eigenvalue weighted by Crippen LogP contribution is -2.40. The molecule has 1 fully saturated rings. The van der Waals surface area contributed by atoms with Gasteiger partial charge in [0, 0.05) is 36.9 Å². The summed E-state index contributed by atoms with van der Waals surface area (Å²) in [6, 6.07) is 10.9. The second-order valence-corrected chi connectivity index (χ2v) is 10.5. The van der Waals surface area contributed by atoms with Crippen LogP contribution in [0.4, 0.5) is 5.69 Å². The van der Waals surface area contributed by atoms with E-state index in [2.05, 4.69) is 18.7 Å². The van der Waals surface area contributed by atoms with E-state index in [4.69, 9.17) is 14.2 Å². The van der Waals surface area contributed by atoms with Crippen LogP contribution in [0.1, 0.15) is 36.2 Å². The number of benzene rings is 2. The second kappa shape index (κ2) is 11.0. The van der Waals surface area contributed by atoms with Gasteiger partial charge in [-0.3, -0.25) is 4.79 Å². The first-order valence-corrected chi connectivity index (χ1v) is 13.2. The normalized spacial score (nSPS) is 16.7. The maximum atomic E-state index is 13.7. The monoisotopic (exact) mass is 490 g/mol. The van der Waals surface area contributed by atoms with Crippen LogP contribution in [0.2, 0.25) is 0 Å². The third kappa shape index (κ3) is 5.58. The molecule has 0 spiro atoms. The molecule has 3 rings (SSSR count). The smallest absolute Gasteiger partial charge is 0.254 e. The molecule has 186 valence electrons. The summed E-state index contributed by atoms with van der Waals surface area (Å²) in [6.45, 7) is 6.32. The molecule has 1 atom stereocenters. The van der Waals surface area contributed by atoms with Gasteiger partial charge in [0.05, 0.1) is 32.8 Å².